The highest BCUT2D eigenvalue weighted by Gasteiger charge is 2.27. The summed E-state index contributed by atoms with van der Waals surface area (Å²) in [5.41, 5.74) is 4.68. The monoisotopic (exact) mass is 401 g/mol. The van der Waals surface area contributed by atoms with E-state index in [4.69, 9.17) is 5.84 Å². The van der Waals surface area contributed by atoms with E-state index in [9.17, 15) is 4.79 Å². The van der Waals surface area contributed by atoms with Crippen molar-refractivity contribution < 1.29 is 4.79 Å². The van der Waals surface area contributed by atoms with Gasteiger partial charge < -0.3 is 10.2 Å². The molecule has 0 aliphatic carbocycles. The molecular weight excluding hydrogens is 370 g/mol. The fourth-order valence-corrected chi connectivity index (χ4v) is 3.31. The summed E-state index contributed by atoms with van der Waals surface area (Å²) in [4.78, 5) is 18.5. The molecule has 3 rings (SSSR count). The number of likely N-dealkylation sites (tertiary alicyclic amines) is 1. The summed E-state index contributed by atoms with van der Waals surface area (Å²) >= 11 is 1.50. The lowest BCUT2D eigenvalue weighted by Crippen LogP contribution is -2.49. The summed E-state index contributed by atoms with van der Waals surface area (Å²) in [5.74, 6) is 5.50. The number of terminal acetylenes is 1. The van der Waals surface area contributed by atoms with Crippen LogP contribution in [0.3, 0.4) is 0 Å². The number of nitrogens with two attached hydrogens (primary N) is 1. The molecule has 28 heavy (non-hydrogen) atoms. The fourth-order valence-electron chi connectivity index (χ4n) is 2.59. The molecule has 1 aliphatic rings. The van der Waals surface area contributed by atoms with Gasteiger partial charge in [-0.2, -0.15) is 0 Å². The summed E-state index contributed by atoms with van der Waals surface area (Å²) < 4.78 is 0. The van der Waals surface area contributed by atoms with Gasteiger partial charge in [-0.3, -0.25) is 10.6 Å². The van der Waals surface area contributed by atoms with Crippen LogP contribution in [0.1, 0.15) is 39.5 Å². The van der Waals surface area contributed by atoms with Crippen molar-refractivity contribution in [2.75, 3.05) is 18.4 Å². The number of carbonyl (C=O) groups is 1. The van der Waals surface area contributed by atoms with E-state index >= 15 is 0 Å². The van der Waals surface area contributed by atoms with Gasteiger partial charge in [-0.25, -0.2) is 10.4 Å². The van der Waals surface area contributed by atoms with Crippen LogP contribution in [0, 0.1) is 12.8 Å². The first-order valence-corrected chi connectivity index (χ1v) is 10.4. The third-order valence-corrected chi connectivity index (χ3v) is 5.03. The van der Waals surface area contributed by atoms with E-state index in [0.29, 0.717) is 0 Å². The van der Waals surface area contributed by atoms with Gasteiger partial charge in [-0.1, -0.05) is 57.0 Å². The second-order valence-electron chi connectivity index (χ2n) is 6.17. The largest absolute Gasteiger partial charge is 0.352 e. The van der Waals surface area contributed by atoms with Crippen LogP contribution in [0.25, 0.3) is 11.3 Å². The molecule has 0 saturated carbocycles. The number of amides is 1. The molecule has 1 aliphatic heterocycles. The van der Waals surface area contributed by atoms with Gasteiger partial charge in [0.2, 0.25) is 5.91 Å². The average molecular weight is 402 g/mol. The van der Waals surface area contributed by atoms with Gasteiger partial charge >= 0.3 is 0 Å². The highest BCUT2D eigenvalue weighted by molar-refractivity contribution is 7.14. The normalized spacial score (nSPS) is 15.0. The van der Waals surface area contributed by atoms with Gasteiger partial charge in [0, 0.05) is 17.5 Å². The maximum atomic E-state index is 12.2. The summed E-state index contributed by atoms with van der Waals surface area (Å²) in [7, 11) is 0. The lowest BCUT2D eigenvalue weighted by molar-refractivity contribution is -0.130. The van der Waals surface area contributed by atoms with Gasteiger partial charge in [0.05, 0.1) is 18.4 Å². The standard InChI is InChI=1S/C15H19N5OS.C4H10.C2H2/c16-19-13-7-4-8-20(13)14(21)9-17-15-18-12(10-22-15)11-5-2-1-3-6-11;1-3-4-2;1-2/h1-3,5-6,10,13,19H,4,7-9,16H2,(H,17,18);3-4H2,1-2H3;1-2H. The number of rotatable bonds is 6. The number of nitrogens with zero attached hydrogens (tertiary/aromatic N) is 2. The van der Waals surface area contributed by atoms with E-state index in [-0.39, 0.29) is 18.6 Å². The first-order chi connectivity index (χ1) is 13.7. The van der Waals surface area contributed by atoms with Crippen molar-refractivity contribution >= 4 is 22.4 Å². The zero-order chi connectivity index (χ0) is 20.8. The molecule has 2 aromatic rings. The van der Waals surface area contributed by atoms with Crippen molar-refractivity contribution in [3.05, 3.63) is 35.7 Å². The highest BCUT2D eigenvalue weighted by Crippen LogP contribution is 2.24. The topological polar surface area (TPSA) is 83.3 Å². The minimum Gasteiger partial charge on any atom is -0.352 e. The zero-order valence-electron chi connectivity index (χ0n) is 16.7. The summed E-state index contributed by atoms with van der Waals surface area (Å²) in [6.45, 7) is 5.35. The Morgan fingerprint density at radius 3 is 2.57 bits per heavy atom. The smallest absolute Gasteiger partial charge is 0.243 e. The number of anilines is 1. The molecule has 152 valence electrons. The van der Waals surface area contributed by atoms with Gasteiger partial charge in [0.25, 0.3) is 0 Å². The molecule has 1 unspecified atom stereocenters. The number of aromatic nitrogens is 1. The Hall–Kier alpha value is -2.40. The van der Waals surface area contributed by atoms with Gasteiger partial charge in [-0.05, 0) is 12.8 Å². The van der Waals surface area contributed by atoms with Crippen molar-refractivity contribution in [2.24, 2.45) is 5.84 Å². The highest BCUT2D eigenvalue weighted by atomic mass is 32.1. The predicted molar refractivity (Wildman–Crippen MR) is 119 cm³/mol. The number of unbranched alkanes of at least 4 members (excludes halogenated alkanes) is 1. The molecule has 0 radical (unpaired) electrons. The lowest BCUT2D eigenvalue weighted by atomic mass is 10.2. The van der Waals surface area contributed by atoms with Crippen molar-refractivity contribution in [3.63, 3.8) is 0 Å². The van der Waals surface area contributed by atoms with Crippen molar-refractivity contribution in [1.29, 1.82) is 0 Å². The number of benzene rings is 1. The molecule has 0 bridgehead atoms. The number of hydrogen-bond donors (Lipinski definition) is 3. The second kappa shape index (κ2) is 13.7. The van der Waals surface area contributed by atoms with E-state index in [1.807, 2.05) is 35.7 Å². The second-order valence-corrected chi connectivity index (χ2v) is 7.03. The Kier molecular flexibility index (Phi) is 11.6. The van der Waals surface area contributed by atoms with Gasteiger partial charge in [0.15, 0.2) is 5.13 Å². The Balaban J connectivity index is 0.000000583. The number of carbonyl (C=O) groups excluding carboxylic acids is 1. The van der Waals surface area contributed by atoms with Crippen LogP contribution in [0.4, 0.5) is 5.13 Å². The lowest BCUT2D eigenvalue weighted by Gasteiger charge is -2.23. The Morgan fingerprint density at radius 2 is 1.96 bits per heavy atom. The van der Waals surface area contributed by atoms with Crippen LogP contribution in [-0.2, 0) is 4.79 Å². The van der Waals surface area contributed by atoms with E-state index in [1.54, 1.807) is 4.90 Å². The number of hydrazine groups is 1. The number of hydrogen-bond acceptors (Lipinski definition) is 6. The van der Waals surface area contributed by atoms with Crippen LogP contribution in [0.15, 0.2) is 35.7 Å². The molecule has 0 spiro atoms. The minimum atomic E-state index is -0.0505. The Morgan fingerprint density at radius 1 is 1.29 bits per heavy atom. The van der Waals surface area contributed by atoms with Crippen LogP contribution < -0.4 is 16.6 Å². The third-order valence-electron chi connectivity index (χ3n) is 4.23. The first-order valence-electron chi connectivity index (χ1n) is 9.53. The minimum absolute atomic E-state index is 0.0388. The molecular formula is C21H31N5OS. The van der Waals surface area contributed by atoms with Crippen molar-refractivity contribution in [1.82, 2.24) is 15.3 Å². The summed E-state index contributed by atoms with van der Waals surface area (Å²) in [5, 5.41) is 5.85. The maximum Gasteiger partial charge on any atom is 0.243 e. The van der Waals surface area contributed by atoms with E-state index in [0.717, 1.165) is 35.8 Å². The predicted octanol–water partition coefficient (Wildman–Crippen LogP) is 3.69. The van der Waals surface area contributed by atoms with Crippen LogP contribution in [0.5, 0.6) is 0 Å². The fraction of sp³-hybridized carbons (Fsp3) is 0.429. The maximum absolute atomic E-state index is 12.2. The molecule has 4 N–H and O–H groups in total. The summed E-state index contributed by atoms with van der Waals surface area (Å²) in [6, 6.07) is 9.99. The molecule has 7 heteroatoms. The number of thiazole rings is 1. The SMILES string of the molecule is C#C.CCCC.NNC1CCCN1C(=O)CNc1nc(-c2ccccc2)cs1. The number of nitrogens with one attached hydrogen (secondary N) is 2. The van der Waals surface area contributed by atoms with E-state index < -0.39 is 0 Å². The molecule has 1 saturated heterocycles. The molecule has 1 aromatic heterocycles. The first kappa shape index (κ1) is 23.6. The van der Waals surface area contributed by atoms with Gasteiger partial charge in [-0.15, -0.1) is 24.2 Å². The van der Waals surface area contributed by atoms with E-state index in [1.165, 1.54) is 24.2 Å². The van der Waals surface area contributed by atoms with Gasteiger partial charge in [0.1, 0.15) is 0 Å². The Bertz CT molecular complexity index is 699. The molecule has 2 heterocycles. The molecule has 1 aromatic carbocycles. The third kappa shape index (κ3) is 7.31. The molecule has 1 fully saturated rings. The van der Waals surface area contributed by atoms with Crippen molar-refractivity contribution in [2.45, 2.75) is 45.7 Å². The van der Waals surface area contributed by atoms with Crippen LogP contribution in [-0.4, -0.2) is 35.0 Å². The van der Waals surface area contributed by atoms with Crippen molar-refractivity contribution in [3.8, 4) is 24.1 Å². The molecule has 6 nitrogen and oxygen atoms in total. The molecule has 1 amide bonds. The molecule has 1 atom stereocenters. The van der Waals surface area contributed by atoms with Crippen LogP contribution >= 0.6 is 11.3 Å². The van der Waals surface area contributed by atoms with E-state index in [2.05, 4.69) is 42.4 Å². The zero-order valence-corrected chi connectivity index (χ0v) is 17.5. The average Bonchev–Trinajstić information content (AvgIpc) is 3.44. The van der Waals surface area contributed by atoms with Crippen LogP contribution in [0.2, 0.25) is 0 Å². The summed E-state index contributed by atoms with van der Waals surface area (Å²) in [6.07, 6.45) is 12.5. The quantitative estimate of drug-likeness (QED) is 0.391. The Labute approximate surface area is 172 Å².